The van der Waals surface area contributed by atoms with Gasteiger partial charge in [-0.3, -0.25) is 4.79 Å². The molecule has 2 atom stereocenters. The Labute approximate surface area is 144 Å². The van der Waals surface area contributed by atoms with E-state index in [1.807, 2.05) is 0 Å². The van der Waals surface area contributed by atoms with Gasteiger partial charge in [0.15, 0.2) is 12.0 Å². The zero-order chi connectivity index (χ0) is 16.8. The summed E-state index contributed by atoms with van der Waals surface area (Å²) in [5.41, 5.74) is 5.08. The first-order chi connectivity index (χ1) is 10.2. The number of hydrogen-bond donors (Lipinski definition) is 3. The Kier molecular flexibility index (Phi) is 7.99. The summed E-state index contributed by atoms with van der Waals surface area (Å²) in [4.78, 5) is 14.7. The fraction of sp³-hybridized carbons (Fsp3) is 0.727. The third-order valence-corrected chi connectivity index (χ3v) is 3.40. The average molecular weight is 446 g/mol. The molecule has 0 bridgehead atoms. The molecule has 4 N–H and O–H groups in total. The van der Waals surface area contributed by atoms with Crippen molar-refractivity contribution in [1.29, 1.82) is 0 Å². The molecule has 2 rings (SSSR count). The second-order valence-electron chi connectivity index (χ2n) is 5.04. The van der Waals surface area contributed by atoms with Crippen molar-refractivity contribution in [3.8, 4) is 0 Å². The third kappa shape index (κ3) is 7.69. The first-order valence-electron chi connectivity index (χ1n) is 6.42. The van der Waals surface area contributed by atoms with Crippen molar-refractivity contribution in [2.24, 2.45) is 5.73 Å². The Bertz CT molecular complexity index is 475. The van der Waals surface area contributed by atoms with Gasteiger partial charge in [0.05, 0.1) is 21.9 Å². The highest BCUT2D eigenvalue weighted by atomic mass is 127. The van der Waals surface area contributed by atoms with Crippen LogP contribution < -0.4 is 5.73 Å². The highest BCUT2D eigenvalue weighted by molar-refractivity contribution is 14.2. The molecule has 1 saturated heterocycles. The van der Waals surface area contributed by atoms with Gasteiger partial charge in [-0.15, -0.1) is 5.10 Å². The molecular formula is C11H19IN4O5S. The zero-order valence-corrected chi connectivity index (χ0v) is 15.2. The van der Waals surface area contributed by atoms with Crippen LogP contribution in [0, 0.1) is 0 Å². The molecule has 0 spiro atoms. The number of rotatable bonds is 5. The number of halogens is 1. The van der Waals surface area contributed by atoms with Gasteiger partial charge >= 0.3 is 0 Å². The molecule has 0 aromatic carbocycles. The Balaban J connectivity index is 0.000000422. The van der Waals surface area contributed by atoms with Crippen molar-refractivity contribution in [2.45, 2.75) is 44.8 Å². The molecule has 9 nitrogen and oxygen atoms in total. The fourth-order valence-electron chi connectivity index (χ4n) is 1.63. The van der Waals surface area contributed by atoms with Gasteiger partial charge in [0.1, 0.15) is 6.33 Å². The van der Waals surface area contributed by atoms with Crippen LogP contribution in [0.1, 0.15) is 43.5 Å². The number of aliphatic hydroxyl groups is 2. The summed E-state index contributed by atoms with van der Waals surface area (Å²) < 4.78 is 12.4. The van der Waals surface area contributed by atoms with Crippen molar-refractivity contribution < 1.29 is 23.9 Å². The number of ether oxygens (including phenoxy) is 1. The van der Waals surface area contributed by atoms with Crippen LogP contribution in [-0.4, -0.2) is 49.4 Å². The van der Waals surface area contributed by atoms with Crippen LogP contribution in [0.4, 0.5) is 0 Å². The lowest BCUT2D eigenvalue weighted by Gasteiger charge is -2.12. The largest absolute Gasteiger partial charge is 0.366 e. The molecule has 1 aliphatic heterocycles. The SMILES string of the molecule is CC(C)(O)O.NC(=O)c1ncn(C2CCC(COSI)O2)n1. The Morgan fingerprint density at radius 2 is 2.27 bits per heavy atom. The van der Waals surface area contributed by atoms with Crippen LogP contribution in [0.25, 0.3) is 0 Å². The van der Waals surface area contributed by atoms with Gasteiger partial charge in [-0.2, -0.15) is 0 Å². The lowest BCUT2D eigenvalue weighted by molar-refractivity contribution is -0.127. The molecule has 126 valence electrons. The molecule has 22 heavy (non-hydrogen) atoms. The van der Waals surface area contributed by atoms with Crippen LogP contribution in [0.2, 0.25) is 0 Å². The van der Waals surface area contributed by atoms with E-state index in [1.54, 1.807) is 0 Å². The van der Waals surface area contributed by atoms with Gasteiger partial charge in [-0.1, -0.05) is 0 Å². The van der Waals surface area contributed by atoms with E-state index in [4.69, 9.17) is 24.9 Å². The number of nitrogens with zero attached hydrogens (tertiary/aromatic N) is 3. The quantitative estimate of drug-likeness (QED) is 0.344. The normalized spacial score (nSPS) is 21.3. The predicted molar refractivity (Wildman–Crippen MR) is 87.8 cm³/mol. The van der Waals surface area contributed by atoms with Crippen molar-refractivity contribution in [2.75, 3.05) is 6.61 Å². The first-order valence-corrected chi connectivity index (χ1v) is 9.70. The number of hydrogen-bond acceptors (Lipinski definition) is 8. The number of carbonyl (C=O) groups excluding carboxylic acids is 1. The van der Waals surface area contributed by atoms with Crippen molar-refractivity contribution in [3.05, 3.63) is 12.2 Å². The predicted octanol–water partition coefficient (Wildman–Crippen LogP) is 0.777. The molecule has 1 amide bonds. The topological polar surface area (TPSA) is 133 Å². The van der Waals surface area contributed by atoms with E-state index in [9.17, 15) is 4.79 Å². The van der Waals surface area contributed by atoms with Crippen LogP contribution in [0.15, 0.2) is 6.33 Å². The molecule has 2 heterocycles. The lowest BCUT2D eigenvalue weighted by Crippen LogP contribution is -2.17. The van der Waals surface area contributed by atoms with E-state index in [0.29, 0.717) is 6.61 Å². The summed E-state index contributed by atoms with van der Waals surface area (Å²) in [6.07, 6.45) is 3.04. The Morgan fingerprint density at radius 1 is 1.64 bits per heavy atom. The first kappa shape index (κ1) is 19.6. The highest BCUT2D eigenvalue weighted by Crippen LogP contribution is 2.28. The van der Waals surface area contributed by atoms with Gasteiger partial charge < -0.3 is 24.9 Å². The molecule has 1 fully saturated rings. The summed E-state index contributed by atoms with van der Waals surface area (Å²) in [5, 5.41) is 20.1. The molecule has 0 radical (unpaired) electrons. The molecule has 2 unspecified atom stereocenters. The molecular weight excluding hydrogens is 427 g/mol. The lowest BCUT2D eigenvalue weighted by atomic mass is 10.2. The number of nitrogens with two attached hydrogens (primary N) is 1. The summed E-state index contributed by atoms with van der Waals surface area (Å²) in [5.74, 6) is -2.13. The number of primary amides is 1. The van der Waals surface area contributed by atoms with E-state index < -0.39 is 11.7 Å². The minimum atomic E-state index is -1.50. The summed E-state index contributed by atoms with van der Waals surface area (Å²) >= 11 is 2.06. The van der Waals surface area contributed by atoms with Crippen molar-refractivity contribution in [3.63, 3.8) is 0 Å². The van der Waals surface area contributed by atoms with Gasteiger partial charge in [0, 0.05) is 21.2 Å². The molecule has 0 aliphatic carbocycles. The number of carbonyl (C=O) groups is 1. The minimum absolute atomic E-state index is 0.0103. The number of amides is 1. The maximum atomic E-state index is 10.9. The van der Waals surface area contributed by atoms with E-state index in [0.717, 1.165) is 12.8 Å². The minimum Gasteiger partial charge on any atom is -0.366 e. The van der Waals surface area contributed by atoms with Crippen LogP contribution in [-0.2, 0) is 8.92 Å². The van der Waals surface area contributed by atoms with E-state index in [1.165, 1.54) is 34.1 Å². The van der Waals surface area contributed by atoms with Gasteiger partial charge in [-0.05, 0) is 26.7 Å². The zero-order valence-electron chi connectivity index (χ0n) is 12.2. The van der Waals surface area contributed by atoms with Crippen molar-refractivity contribution in [1.82, 2.24) is 14.8 Å². The Morgan fingerprint density at radius 3 is 2.77 bits per heavy atom. The molecule has 0 saturated carbocycles. The second kappa shape index (κ2) is 8.98. The molecule has 11 heteroatoms. The van der Waals surface area contributed by atoms with E-state index in [2.05, 4.69) is 31.3 Å². The smallest absolute Gasteiger partial charge is 0.288 e. The molecule has 1 aliphatic rings. The average Bonchev–Trinajstić information content (AvgIpc) is 3.03. The maximum absolute atomic E-state index is 10.9. The van der Waals surface area contributed by atoms with E-state index >= 15 is 0 Å². The highest BCUT2D eigenvalue weighted by Gasteiger charge is 2.28. The standard InChI is InChI=1S/C8H11IN4O3S.C3H8O2/c9-17-15-3-5-1-2-6(16-5)13-4-11-8(12-13)7(10)14;1-3(2,4)5/h4-6H,1-3H2,(H2,10,14);4-5H,1-2H3. The molecule has 1 aromatic heterocycles. The van der Waals surface area contributed by atoms with Crippen LogP contribution in [0.3, 0.4) is 0 Å². The second-order valence-corrected chi connectivity index (χ2v) is 6.48. The summed E-state index contributed by atoms with van der Waals surface area (Å²) in [6.45, 7) is 3.14. The summed E-state index contributed by atoms with van der Waals surface area (Å²) in [6, 6.07) is 0. The van der Waals surface area contributed by atoms with Crippen LogP contribution in [0.5, 0.6) is 0 Å². The summed E-state index contributed by atoms with van der Waals surface area (Å²) in [7, 11) is 1.29. The van der Waals surface area contributed by atoms with Gasteiger partial charge in [0.25, 0.3) is 5.91 Å². The van der Waals surface area contributed by atoms with Gasteiger partial charge in [-0.25, -0.2) is 9.67 Å². The van der Waals surface area contributed by atoms with Crippen LogP contribution >= 0.6 is 30.4 Å². The monoisotopic (exact) mass is 446 g/mol. The molecule has 1 aromatic rings. The van der Waals surface area contributed by atoms with E-state index in [-0.39, 0.29) is 18.2 Å². The number of aromatic nitrogens is 3. The van der Waals surface area contributed by atoms with Crippen molar-refractivity contribution >= 4 is 36.3 Å². The Hall–Kier alpha value is -0.470. The third-order valence-electron chi connectivity index (χ3n) is 2.41. The van der Waals surface area contributed by atoms with Gasteiger partial charge in [0.2, 0.25) is 5.82 Å². The maximum Gasteiger partial charge on any atom is 0.288 e. The fourth-order valence-corrected chi connectivity index (χ4v) is 2.28.